The molecule has 0 radical (unpaired) electrons. The smallest absolute Gasteiger partial charge is 0.228 e. The first kappa shape index (κ1) is 24.0. The molecule has 2 aromatic heterocycles. The normalized spacial score (nSPS) is 17.4. The zero-order chi connectivity index (χ0) is 31.0. The predicted octanol–water partition coefficient (Wildman–Crippen LogP) is 5.76. The second-order valence-corrected chi connectivity index (χ2v) is 13.3. The van der Waals surface area contributed by atoms with Gasteiger partial charge in [0.1, 0.15) is 5.82 Å². The third kappa shape index (κ3) is 5.84. The van der Waals surface area contributed by atoms with Crippen LogP contribution in [0, 0.1) is 11.3 Å². The molecule has 40 heavy (non-hydrogen) atoms. The van der Waals surface area contributed by atoms with E-state index in [-0.39, 0.29) is 34.7 Å². The fraction of sp³-hybridized carbons (Fsp3) is 0.414. The second kappa shape index (κ2) is 11.0. The van der Waals surface area contributed by atoms with Gasteiger partial charge in [0, 0.05) is 56.5 Å². The summed E-state index contributed by atoms with van der Waals surface area (Å²) in [7, 11) is -0.923. The number of aromatic nitrogens is 3. The lowest BCUT2D eigenvalue weighted by Crippen LogP contribution is -2.47. The summed E-state index contributed by atoms with van der Waals surface area (Å²) >= 11 is 0. The highest BCUT2D eigenvalue weighted by Crippen LogP contribution is 2.58. The van der Waals surface area contributed by atoms with Crippen molar-refractivity contribution in [1.29, 1.82) is 0 Å². The maximum atomic E-state index is 13.0. The summed E-state index contributed by atoms with van der Waals surface area (Å²) in [4.78, 5) is 38.9. The average molecular weight is 566 g/mol. The maximum Gasteiger partial charge on any atom is 0.228 e. The molecule has 0 aliphatic heterocycles. The minimum absolute atomic E-state index is 0.0622. The summed E-state index contributed by atoms with van der Waals surface area (Å²) < 4.78 is 44.5. The molecule has 2 aliphatic carbocycles. The van der Waals surface area contributed by atoms with Crippen molar-refractivity contribution in [3.05, 3.63) is 48.4 Å². The van der Waals surface area contributed by atoms with Crippen molar-refractivity contribution in [2.24, 2.45) is 15.7 Å². The summed E-state index contributed by atoms with van der Waals surface area (Å²) in [5.41, 5.74) is 2.16. The van der Waals surface area contributed by atoms with E-state index in [1.807, 2.05) is 0 Å². The van der Waals surface area contributed by atoms with Crippen molar-refractivity contribution in [1.82, 2.24) is 15.0 Å². The number of para-hydroxylation sites is 1. The van der Waals surface area contributed by atoms with E-state index in [1.165, 1.54) is 63.5 Å². The SMILES string of the molecule is [2H]C([2H])([2H])CC(=O)c1cnc(NC(=O)C2CC3(CCC3)C2)cc1Nc1cccc(-c2cnc(N=S(C)(C)=O)cn2)c1OC. The lowest BCUT2D eigenvalue weighted by Gasteiger charge is -2.53. The van der Waals surface area contributed by atoms with E-state index in [4.69, 9.17) is 8.85 Å². The number of carbonyl (C=O) groups is 2. The molecule has 2 fully saturated rings. The summed E-state index contributed by atoms with van der Waals surface area (Å²) in [6.45, 7) is -2.47. The molecule has 2 N–H and O–H groups in total. The van der Waals surface area contributed by atoms with Crippen molar-refractivity contribution < 1.29 is 22.6 Å². The van der Waals surface area contributed by atoms with Crippen LogP contribution in [-0.2, 0) is 14.5 Å². The number of ketones is 1. The van der Waals surface area contributed by atoms with Crippen LogP contribution in [0.25, 0.3) is 11.3 Å². The number of hydrogen-bond acceptors (Lipinski definition) is 9. The molecule has 3 aromatic rings. The minimum Gasteiger partial charge on any atom is -0.494 e. The average Bonchev–Trinajstić information content (AvgIpc) is 2.85. The first-order chi connectivity index (χ1) is 20.2. The van der Waals surface area contributed by atoms with Gasteiger partial charge in [0.15, 0.2) is 17.4 Å². The zero-order valence-electron chi connectivity index (χ0n) is 25.7. The van der Waals surface area contributed by atoms with E-state index >= 15 is 0 Å². The third-order valence-corrected chi connectivity index (χ3v) is 8.10. The number of hydrogen-bond donors (Lipinski definition) is 2. The topological polar surface area (TPSA) is 136 Å². The fourth-order valence-corrected chi connectivity index (χ4v) is 5.91. The number of nitrogens with one attached hydrogen (secondary N) is 2. The Morgan fingerprint density at radius 2 is 1.95 bits per heavy atom. The highest BCUT2D eigenvalue weighted by Gasteiger charge is 2.50. The number of anilines is 3. The van der Waals surface area contributed by atoms with Crippen LogP contribution in [0.15, 0.2) is 47.2 Å². The van der Waals surface area contributed by atoms with Crippen LogP contribution in [0.5, 0.6) is 5.75 Å². The molecule has 2 heterocycles. The Balaban J connectivity index is 1.45. The Morgan fingerprint density at radius 3 is 2.58 bits per heavy atom. The van der Waals surface area contributed by atoms with Gasteiger partial charge in [-0.25, -0.2) is 14.2 Å². The number of ether oxygens (including phenoxy) is 1. The lowest BCUT2D eigenvalue weighted by atomic mass is 9.51. The van der Waals surface area contributed by atoms with Gasteiger partial charge in [-0.3, -0.25) is 14.6 Å². The van der Waals surface area contributed by atoms with Crippen LogP contribution in [0.4, 0.5) is 23.0 Å². The number of carbonyl (C=O) groups excluding carboxylic acids is 2. The molecule has 5 rings (SSSR count). The van der Waals surface area contributed by atoms with Crippen LogP contribution in [0.2, 0.25) is 0 Å². The van der Waals surface area contributed by atoms with Crippen LogP contribution in [0.3, 0.4) is 0 Å². The molecular formula is C29H34N6O4S. The number of rotatable bonds is 9. The van der Waals surface area contributed by atoms with Crippen LogP contribution < -0.4 is 15.4 Å². The van der Waals surface area contributed by atoms with Gasteiger partial charge in [0.25, 0.3) is 0 Å². The van der Waals surface area contributed by atoms with Gasteiger partial charge in [-0.2, -0.15) is 4.36 Å². The van der Waals surface area contributed by atoms with Crippen LogP contribution in [0.1, 0.15) is 59.8 Å². The van der Waals surface area contributed by atoms with E-state index in [9.17, 15) is 13.8 Å². The van der Waals surface area contributed by atoms with Crippen molar-refractivity contribution in [2.45, 2.75) is 45.4 Å². The number of pyridine rings is 1. The summed E-state index contributed by atoms with van der Waals surface area (Å²) in [6.07, 6.45) is 11.8. The van der Waals surface area contributed by atoms with Crippen LogP contribution in [-0.4, -0.2) is 50.5 Å². The lowest BCUT2D eigenvalue weighted by molar-refractivity contribution is -0.131. The van der Waals surface area contributed by atoms with Gasteiger partial charge >= 0.3 is 0 Å². The summed E-state index contributed by atoms with van der Waals surface area (Å²) in [6, 6.07) is 6.79. The predicted molar refractivity (Wildman–Crippen MR) is 156 cm³/mol. The number of nitrogens with zero attached hydrogens (tertiary/aromatic N) is 4. The van der Waals surface area contributed by atoms with Gasteiger partial charge in [-0.1, -0.05) is 19.3 Å². The van der Waals surface area contributed by atoms with Gasteiger partial charge < -0.3 is 15.4 Å². The largest absolute Gasteiger partial charge is 0.494 e. The maximum absolute atomic E-state index is 13.0. The highest BCUT2D eigenvalue weighted by atomic mass is 32.2. The van der Waals surface area contributed by atoms with Gasteiger partial charge in [-0.05, 0) is 43.2 Å². The molecule has 2 saturated carbocycles. The van der Waals surface area contributed by atoms with E-state index < -0.39 is 28.8 Å². The third-order valence-electron chi connectivity index (χ3n) is 7.48. The number of benzene rings is 1. The van der Waals surface area contributed by atoms with E-state index in [0.29, 0.717) is 28.1 Å². The molecule has 210 valence electrons. The molecule has 11 heteroatoms. The first-order valence-electron chi connectivity index (χ1n) is 14.5. The Labute approximate surface area is 238 Å². The standard InChI is InChI=1S/C29H34N6O4S/c1-5-24(36)20-15-31-25(34-28(37)18-13-29(14-18)10-7-11-29)12-22(20)33-21-9-6-8-19(27(21)39-2)23-16-32-26(17-30-23)35-40(3,4)38/h6,8-9,12,15-18H,5,7,10-11,13-14H2,1-4H3,(H2,31,33,34,37)/i1D3. The number of Topliss-reactive ketones (excluding diaryl/α,β-unsaturated/α-hetero) is 1. The van der Waals surface area contributed by atoms with Gasteiger partial charge in [-0.15, -0.1) is 0 Å². The first-order valence-corrected chi connectivity index (χ1v) is 15.4. The van der Waals surface area contributed by atoms with Gasteiger partial charge in [0.05, 0.1) is 42.1 Å². The van der Waals surface area contributed by atoms with Crippen LogP contribution >= 0.6 is 0 Å². The van der Waals surface area contributed by atoms with Gasteiger partial charge in [0.2, 0.25) is 5.91 Å². The molecule has 2 aliphatic rings. The molecule has 0 saturated heterocycles. The zero-order valence-corrected chi connectivity index (χ0v) is 23.5. The van der Waals surface area contributed by atoms with E-state index in [2.05, 4.69) is 29.9 Å². The Bertz CT molecular complexity index is 1670. The van der Waals surface area contributed by atoms with E-state index in [1.54, 1.807) is 18.2 Å². The molecule has 0 unspecified atom stereocenters. The summed E-state index contributed by atoms with van der Waals surface area (Å²) in [5.74, 6) is 0.0499. The minimum atomic E-state index is -2.47. The highest BCUT2D eigenvalue weighted by molar-refractivity contribution is 7.92. The fourth-order valence-electron chi connectivity index (χ4n) is 5.36. The Hall–Kier alpha value is -3.86. The second-order valence-electron chi connectivity index (χ2n) is 10.7. The molecule has 0 atom stereocenters. The van der Waals surface area contributed by atoms with Crippen molar-refractivity contribution in [3.63, 3.8) is 0 Å². The van der Waals surface area contributed by atoms with Crippen molar-refractivity contribution in [2.75, 3.05) is 30.3 Å². The number of amides is 1. The Kier molecular flexibility index (Phi) is 6.57. The molecule has 10 nitrogen and oxygen atoms in total. The molecule has 1 aromatic carbocycles. The summed E-state index contributed by atoms with van der Waals surface area (Å²) in [5, 5.41) is 6.05. The van der Waals surface area contributed by atoms with E-state index in [0.717, 1.165) is 12.8 Å². The Morgan fingerprint density at radius 1 is 1.15 bits per heavy atom. The number of methoxy groups -OCH3 is 1. The quantitative estimate of drug-likeness (QED) is 0.313. The molecule has 1 spiro atoms. The monoisotopic (exact) mass is 565 g/mol. The van der Waals surface area contributed by atoms with Crippen molar-refractivity contribution in [3.8, 4) is 17.0 Å². The molecular weight excluding hydrogens is 528 g/mol. The van der Waals surface area contributed by atoms with Crippen molar-refractivity contribution >= 4 is 44.4 Å². The molecule has 0 bridgehead atoms. The molecule has 1 amide bonds.